The van der Waals surface area contributed by atoms with Gasteiger partial charge in [0, 0.05) is 20.1 Å². The summed E-state index contributed by atoms with van der Waals surface area (Å²) in [7, 11) is 1.82. The van der Waals surface area contributed by atoms with Crippen LogP contribution in [0.15, 0.2) is 0 Å². The minimum absolute atomic E-state index is 0. The van der Waals surface area contributed by atoms with Crippen molar-refractivity contribution in [1.82, 2.24) is 10.2 Å². The summed E-state index contributed by atoms with van der Waals surface area (Å²) >= 11 is 11.6. The van der Waals surface area contributed by atoms with Crippen molar-refractivity contribution in [2.45, 2.75) is 16.8 Å². The van der Waals surface area contributed by atoms with Crippen LogP contribution in [0.1, 0.15) is 6.42 Å². The molecule has 2 aliphatic rings. The summed E-state index contributed by atoms with van der Waals surface area (Å²) in [6.07, 6.45) is 0.597. The van der Waals surface area contributed by atoms with Crippen LogP contribution in [-0.2, 0) is 4.79 Å². The smallest absolute Gasteiger partial charge is 0.228 e. The van der Waals surface area contributed by atoms with Gasteiger partial charge in [0.05, 0.1) is 12.0 Å². The molecule has 0 bridgehead atoms. The number of amides is 1. The van der Waals surface area contributed by atoms with Crippen LogP contribution < -0.4 is 5.32 Å². The fraction of sp³-hybridized carbons (Fsp3) is 0.875. The Morgan fingerprint density at radius 2 is 2.00 bits per heavy atom. The van der Waals surface area contributed by atoms with Gasteiger partial charge in [0.1, 0.15) is 4.33 Å². The topological polar surface area (TPSA) is 32.3 Å². The molecule has 1 N–H and O–H groups in total. The van der Waals surface area contributed by atoms with Crippen molar-refractivity contribution in [3.8, 4) is 0 Å². The van der Waals surface area contributed by atoms with Crippen molar-refractivity contribution in [1.29, 1.82) is 0 Å². The van der Waals surface area contributed by atoms with Crippen molar-refractivity contribution in [2.24, 2.45) is 5.92 Å². The van der Waals surface area contributed by atoms with Crippen molar-refractivity contribution in [2.75, 3.05) is 20.1 Å². The number of hydrogen-bond acceptors (Lipinski definition) is 2. The first kappa shape index (κ1) is 12.4. The maximum Gasteiger partial charge on any atom is 0.228 e. The summed E-state index contributed by atoms with van der Waals surface area (Å²) in [6, 6.07) is 0.331. The molecule has 1 atom stereocenters. The van der Waals surface area contributed by atoms with E-state index in [0.717, 1.165) is 13.1 Å². The van der Waals surface area contributed by atoms with Crippen LogP contribution in [0, 0.1) is 5.92 Å². The lowest BCUT2D eigenvalue weighted by Gasteiger charge is -2.35. The molecular formula is C8H13Cl3N2O. The molecule has 0 aromatic heterocycles. The molecule has 0 spiro atoms. The van der Waals surface area contributed by atoms with Crippen LogP contribution >= 0.6 is 35.6 Å². The van der Waals surface area contributed by atoms with E-state index < -0.39 is 4.33 Å². The highest BCUT2D eigenvalue weighted by Crippen LogP contribution is 2.53. The zero-order valence-electron chi connectivity index (χ0n) is 7.80. The number of likely N-dealkylation sites (N-methyl/N-ethyl adjacent to an activating group) is 1. The third-order valence-corrected chi connectivity index (χ3v) is 3.61. The Labute approximate surface area is 99.5 Å². The maximum atomic E-state index is 11.7. The Bertz CT molecular complexity index is 243. The summed E-state index contributed by atoms with van der Waals surface area (Å²) in [5.74, 6) is -0.0991. The van der Waals surface area contributed by atoms with Crippen LogP contribution in [0.3, 0.4) is 0 Å². The predicted molar refractivity (Wildman–Crippen MR) is 59.2 cm³/mol. The van der Waals surface area contributed by atoms with E-state index in [9.17, 15) is 4.79 Å². The van der Waals surface area contributed by atoms with Crippen molar-refractivity contribution < 1.29 is 4.79 Å². The SMILES string of the molecule is CN(C(=O)C1CC1(Cl)Cl)C1CNC1.Cl. The molecule has 1 heterocycles. The van der Waals surface area contributed by atoms with E-state index >= 15 is 0 Å². The molecule has 0 radical (unpaired) electrons. The number of nitrogens with zero attached hydrogens (tertiary/aromatic N) is 1. The average molecular weight is 260 g/mol. The van der Waals surface area contributed by atoms with Gasteiger partial charge < -0.3 is 10.2 Å². The number of halogens is 3. The van der Waals surface area contributed by atoms with E-state index in [-0.39, 0.29) is 24.2 Å². The summed E-state index contributed by atoms with van der Waals surface area (Å²) in [5, 5.41) is 3.12. The first-order chi connectivity index (χ1) is 6.02. The lowest BCUT2D eigenvalue weighted by molar-refractivity contribution is -0.134. The summed E-state index contributed by atoms with van der Waals surface area (Å²) < 4.78 is -0.789. The van der Waals surface area contributed by atoms with E-state index in [4.69, 9.17) is 23.2 Å². The normalized spacial score (nSPS) is 28.6. The van der Waals surface area contributed by atoms with Gasteiger partial charge in [0.15, 0.2) is 0 Å². The fourth-order valence-corrected chi connectivity index (χ4v) is 1.95. The highest BCUT2D eigenvalue weighted by atomic mass is 35.5. The number of carbonyl (C=O) groups is 1. The molecule has 0 aromatic carbocycles. The quantitative estimate of drug-likeness (QED) is 0.752. The van der Waals surface area contributed by atoms with Crippen LogP contribution in [-0.4, -0.2) is 41.3 Å². The molecule has 14 heavy (non-hydrogen) atoms. The average Bonchev–Trinajstić information content (AvgIpc) is 2.54. The van der Waals surface area contributed by atoms with Gasteiger partial charge >= 0.3 is 0 Å². The van der Waals surface area contributed by atoms with Gasteiger partial charge in [-0.25, -0.2) is 0 Å². The third-order valence-electron chi connectivity index (χ3n) is 2.78. The summed E-state index contributed by atoms with van der Waals surface area (Å²) in [6.45, 7) is 1.76. The Morgan fingerprint density at radius 1 is 1.50 bits per heavy atom. The number of rotatable bonds is 2. The van der Waals surface area contributed by atoms with Crippen molar-refractivity contribution >= 4 is 41.5 Å². The van der Waals surface area contributed by atoms with E-state index in [2.05, 4.69) is 5.32 Å². The molecule has 0 aromatic rings. The van der Waals surface area contributed by atoms with Gasteiger partial charge in [-0.3, -0.25) is 4.79 Å². The molecule has 3 nitrogen and oxygen atoms in total. The Morgan fingerprint density at radius 3 is 2.29 bits per heavy atom. The molecule has 1 saturated carbocycles. The molecular weight excluding hydrogens is 246 g/mol. The van der Waals surface area contributed by atoms with E-state index in [1.165, 1.54) is 0 Å². The first-order valence-corrected chi connectivity index (χ1v) is 5.13. The van der Waals surface area contributed by atoms with E-state index in [1.54, 1.807) is 4.90 Å². The number of carbonyl (C=O) groups excluding carboxylic acids is 1. The molecule has 6 heteroatoms. The predicted octanol–water partition coefficient (Wildman–Crippen LogP) is 1.03. The zero-order valence-corrected chi connectivity index (χ0v) is 10.1. The zero-order chi connectivity index (χ0) is 9.64. The van der Waals surface area contributed by atoms with Gasteiger partial charge in [0.2, 0.25) is 5.91 Å². The Kier molecular flexibility index (Phi) is 3.58. The van der Waals surface area contributed by atoms with Gasteiger partial charge in [-0.05, 0) is 6.42 Å². The summed E-state index contributed by atoms with van der Waals surface area (Å²) in [5.41, 5.74) is 0. The fourth-order valence-electron chi connectivity index (χ4n) is 1.45. The largest absolute Gasteiger partial charge is 0.340 e. The maximum absolute atomic E-state index is 11.7. The Hall–Kier alpha value is 0.300. The van der Waals surface area contributed by atoms with Crippen molar-refractivity contribution in [3.63, 3.8) is 0 Å². The van der Waals surface area contributed by atoms with E-state index in [1.807, 2.05) is 7.05 Å². The van der Waals surface area contributed by atoms with Crippen LogP contribution in [0.5, 0.6) is 0 Å². The van der Waals surface area contributed by atoms with Crippen molar-refractivity contribution in [3.05, 3.63) is 0 Å². The standard InChI is InChI=1S/C8H12Cl2N2O.ClH/c1-12(5-3-11-4-5)7(13)6-2-8(6,9)10;/h5-6,11H,2-4H2,1H3;1H. The lowest BCUT2D eigenvalue weighted by Crippen LogP contribution is -2.57. The van der Waals surface area contributed by atoms with Gasteiger partial charge in [0.25, 0.3) is 0 Å². The van der Waals surface area contributed by atoms with Gasteiger partial charge in [-0.2, -0.15) is 0 Å². The van der Waals surface area contributed by atoms with Crippen LogP contribution in [0.25, 0.3) is 0 Å². The van der Waals surface area contributed by atoms with E-state index in [0.29, 0.717) is 12.5 Å². The Balaban J connectivity index is 0.000000980. The molecule has 1 aliphatic heterocycles. The summed E-state index contributed by atoms with van der Waals surface area (Å²) in [4.78, 5) is 13.4. The second kappa shape index (κ2) is 4.05. The molecule has 1 amide bonds. The second-order valence-corrected chi connectivity index (χ2v) is 5.32. The molecule has 1 unspecified atom stereocenters. The minimum atomic E-state index is -0.789. The second-order valence-electron chi connectivity index (χ2n) is 3.78. The highest BCUT2D eigenvalue weighted by Gasteiger charge is 2.57. The molecule has 2 fully saturated rings. The molecule has 1 aliphatic carbocycles. The number of hydrogen-bond donors (Lipinski definition) is 1. The minimum Gasteiger partial charge on any atom is -0.340 e. The lowest BCUT2D eigenvalue weighted by atomic mass is 10.1. The molecule has 82 valence electrons. The third kappa shape index (κ3) is 2.11. The van der Waals surface area contributed by atoms with Gasteiger partial charge in [-0.1, -0.05) is 0 Å². The molecule has 1 saturated heterocycles. The van der Waals surface area contributed by atoms with Crippen LogP contribution in [0.2, 0.25) is 0 Å². The van der Waals surface area contributed by atoms with Gasteiger partial charge in [-0.15, -0.1) is 35.6 Å². The molecule has 2 rings (SSSR count). The number of nitrogens with one attached hydrogen (secondary N) is 1. The monoisotopic (exact) mass is 258 g/mol. The first-order valence-electron chi connectivity index (χ1n) is 4.37. The van der Waals surface area contributed by atoms with Crippen LogP contribution in [0.4, 0.5) is 0 Å². The number of alkyl halides is 2. The highest BCUT2D eigenvalue weighted by molar-refractivity contribution is 6.52.